The summed E-state index contributed by atoms with van der Waals surface area (Å²) in [5, 5.41) is 8.97. The van der Waals surface area contributed by atoms with Crippen molar-refractivity contribution in [1.82, 2.24) is 0 Å². The van der Waals surface area contributed by atoms with E-state index in [9.17, 15) is 13.5 Å². The normalized spacial score (nSPS) is 38.9. The molecule has 0 aliphatic heterocycles. The highest BCUT2D eigenvalue weighted by atomic mass is 32.2. The second-order valence-corrected chi connectivity index (χ2v) is 6.84. The van der Waals surface area contributed by atoms with Crippen LogP contribution in [0.4, 0.5) is 0 Å². The highest BCUT2D eigenvalue weighted by Crippen LogP contribution is 2.44. The zero-order valence-corrected chi connectivity index (χ0v) is 9.55. The lowest BCUT2D eigenvalue weighted by Gasteiger charge is -2.29. The smallest absolute Gasteiger partial charge is 0.150 e. The molecule has 0 saturated heterocycles. The molecule has 84 valence electrons. The van der Waals surface area contributed by atoms with E-state index in [4.69, 9.17) is 5.73 Å². The molecule has 0 aromatic heterocycles. The van der Waals surface area contributed by atoms with Gasteiger partial charge in [0.05, 0.1) is 11.9 Å². The summed E-state index contributed by atoms with van der Waals surface area (Å²) < 4.78 is 22.8. The molecule has 0 radical (unpaired) electrons. The van der Waals surface area contributed by atoms with E-state index in [-0.39, 0.29) is 23.2 Å². The third-order valence-corrected chi connectivity index (χ3v) is 5.19. The van der Waals surface area contributed by atoms with Crippen molar-refractivity contribution in [2.45, 2.75) is 25.0 Å². The van der Waals surface area contributed by atoms with Crippen molar-refractivity contribution in [3.8, 4) is 0 Å². The van der Waals surface area contributed by atoms with Crippen molar-refractivity contribution in [2.75, 3.05) is 19.4 Å². The highest BCUT2D eigenvalue weighted by molar-refractivity contribution is 7.91. The Morgan fingerprint density at radius 2 is 2.14 bits per heavy atom. The number of aliphatic hydroxyl groups excluding tert-OH is 1. The average molecular weight is 221 g/mol. The maximum absolute atomic E-state index is 11.4. The van der Waals surface area contributed by atoms with Gasteiger partial charge in [-0.25, -0.2) is 8.42 Å². The Kier molecular flexibility index (Phi) is 3.23. The van der Waals surface area contributed by atoms with Crippen LogP contribution in [0.5, 0.6) is 0 Å². The summed E-state index contributed by atoms with van der Waals surface area (Å²) >= 11 is 0. The number of hydrogen-bond acceptors (Lipinski definition) is 4. The van der Waals surface area contributed by atoms with Gasteiger partial charge in [0.25, 0.3) is 0 Å². The summed E-state index contributed by atoms with van der Waals surface area (Å²) in [7, 11) is -2.99. The van der Waals surface area contributed by atoms with Crippen molar-refractivity contribution in [2.24, 2.45) is 17.1 Å². The van der Waals surface area contributed by atoms with Gasteiger partial charge in [-0.15, -0.1) is 0 Å². The van der Waals surface area contributed by atoms with Crippen molar-refractivity contribution in [1.29, 1.82) is 0 Å². The standard InChI is InChI=1S/C9H19NO3S/c1-7-3-8(14(2,12)13)4-9(7,5-10)6-11/h7-8,11H,3-6,10H2,1-2H3/t7-,8+,9+/m0/s1. The summed E-state index contributed by atoms with van der Waals surface area (Å²) in [6, 6.07) is 0. The van der Waals surface area contributed by atoms with E-state index in [0.717, 1.165) is 0 Å². The SMILES string of the molecule is C[C@H]1C[C@@H](S(C)(=O)=O)C[C@@]1(CN)CO. The number of nitrogens with two attached hydrogens (primary N) is 1. The van der Waals surface area contributed by atoms with E-state index in [1.54, 1.807) is 0 Å². The molecule has 1 rings (SSSR count). The Bertz CT molecular complexity index is 295. The molecule has 14 heavy (non-hydrogen) atoms. The highest BCUT2D eigenvalue weighted by Gasteiger charge is 2.46. The molecule has 1 fully saturated rings. The Balaban J connectivity index is 2.88. The van der Waals surface area contributed by atoms with Crippen LogP contribution in [0.15, 0.2) is 0 Å². The van der Waals surface area contributed by atoms with Gasteiger partial charge in [0.1, 0.15) is 9.84 Å². The predicted octanol–water partition coefficient (Wildman–Crippen LogP) is -0.233. The van der Waals surface area contributed by atoms with Gasteiger partial charge in [-0.05, 0) is 18.8 Å². The van der Waals surface area contributed by atoms with E-state index in [0.29, 0.717) is 19.4 Å². The predicted molar refractivity (Wildman–Crippen MR) is 55.6 cm³/mol. The van der Waals surface area contributed by atoms with Crippen LogP contribution in [-0.4, -0.2) is 38.2 Å². The van der Waals surface area contributed by atoms with Crippen molar-refractivity contribution >= 4 is 9.84 Å². The lowest BCUT2D eigenvalue weighted by molar-refractivity contribution is 0.0996. The maximum Gasteiger partial charge on any atom is 0.150 e. The topological polar surface area (TPSA) is 80.4 Å². The van der Waals surface area contributed by atoms with Crippen LogP contribution in [0, 0.1) is 11.3 Å². The minimum atomic E-state index is -2.99. The quantitative estimate of drug-likeness (QED) is 0.689. The fourth-order valence-electron chi connectivity index (χ4n) is 2.28. The molecule has 0 spiro atoms. The molecule has 3 atom stereocenters. The van der Waals surface area contributed by atoms with Crippen LogP contribution in [0.2, 0.25) is 0 Å². The second-order valence-electron chi connectivity index (χ2n) is 4.52. The van der Waals surface area contributed by atoms with Gasteiger partial charge in [-0.3, -0.25) is 0 Å². The van der Waals surface area contributed by atoms with Gasteiger partial charge in [0.15, 0.2) is 0 Å². The minimum absolute atomic E-state index is 0.0172. The summed E-state index contributed by atoms with van der Waals surface area (Å²) in [4.78, 5) is 0. The van der Waals surface area contributed by atoms with E-state index in [1.807, 2.05) is 6.92 Å². The molecule has 1 aliphatic rings. The summed E-state index contributed by atoms with van der Waals surface area (Å²) in [5.74, 6) is 0.178. The van der Waals surface area contributed by atoms with Crippen LogP contribution in [0.1, 0.15) is 19.8 Å². The van der Waals surface area contributed by atoms with Crippen LogP contribution < -0.4 is 5.73 Å². The summed E-state index contributed by atoms with van der Waals surface area (Å²) in [6.07, 6.45) is 2.38. The molecule has 1 saturated carbocycles. The first-order valence-electron chi connectivity index (χ1n) is 4.85. The monoisotopic (exact) mass is 221 g/mol. The van der Waals surface area contributed by atoms with Gasteiger partial charge in [0, 0.05) is 18.2 Å². The Labute approximate surface area is 85.4 Å². The lowest BCUT2D eigenvalue weighted by atomic mass is 9.80. The zero-order valence-electron chi connectivity index (χ0n) is 8.73. The molecule has 0 heterocycles. The van der Waals surface area contributed by atoms with Gasteiger partial charge in [-0.2, -0.15) is 0 Å². The molecular formula is C9H19NO3S. The number of rotatable bonds is 3. The first-order valence-corrected chi connectivity index (χ1v) is 6.81. The molecule has 0 bridgehead atoms. The number of hydrogen-bond donors (Lipinski definition) is 2. The second kappa shape index (κ2) is 3.79. The molecule has 0 unspecified atom stereocenters. The average Bonchev–Trinajstić information content (AvgIpc) is 2.43. The van der Waals surface area contributed by atoms with Crippen molar-refractivity contribution in [3.05, 3.63) is 0 Å². The third kappa shape index (κ3) is 1.94. The van der Waals surface area contributed by atoms with Crippen molar-refractivity contribution in [3.63, 3.8) is 0 Å². The third-order valence-electron chi connectivity index (χ3n) is 3.62. The molecule has 0 aromatic rings. The minimum Gasteiger partial charge on any atom is -0.396 e. The number of sulfone groups is 1. The molecule has 0 aromatic carbocycles. The van der Waals surface area contributed by atoms with Crippen LogP contribution in [0.3, 0.4) is 0 Å². The molecule has 5 heteroatoms. The van der Waals surface area contributed by atoms with E-state index >= 15 is 0 Å². The van der Waals surface area contributed by atoms with Gasteiger partial charge in [0.2, 0.25) is 0 Å². The Morgan fingerprint density at radius 3 is 2.36 bits per heavy atom. The number of aliphatic hydroxyl groups is 1. The van der Waals surface area contributed by atoms with E-state index in [1.165, 1.54) is 6.26 Å². The lowest BCUT2D eigenvalue weighted by Crippen LogP contribution is -2.37. The fraction of sp³-hybridized carbons (Fsp3) is 1.00. The van der Waals surface area contributed by atoms with Crippen LogP contribution in [0.25, 0.3) is 0 Å². The maximum atomic E-state index is 11.4. The molecule has 1 aliphatic carbocycles. The Hall–Kier alpha value is -0.130. The Morgan fingerprint density at radius 1 is 1.57 bits per heavy atom. The van der Waals surface area contributed by atoms with Gasteiger partial charge in [-0.1, -0.05) is 6.92 Å². The summed E-state index contributed by atoms with van der Waals surface area (Å²) in [5.41, 5.74) is 5.24. The van der Waals surface area contributed by atoms with Crippen LogP contribution >= 0.6 is 0 Å². The van der Waals surface area contributed by atoms with Crippen molar-refractivity contribution < 1.29 is 13.5 Å². The molecule has 4 nitrogen and oxygen atoms in total. The van der Waals surface area contributed by atoms with Gasteiger partial charge >= 0.3 is 0 Å². The van der Waals surface area contributed by atoms with E-state index in [2.05, 4.69) is 0 Å². The largest absolute Gasteiger partial charge is 0.396 e. The van der Waals surface area contributed by atoms with Crippen LogP contribution in [-0.2, 0) is 9.84 Å². The molecular weight excluding hydrogens is 202 g/mol. The summed E-state index contributed by atoms with van der Waals surface area (Å²) in [6.45, 7) is 2.31. The first-order chi connectivity index (χ1) is 6.35. The fourth-order valence-corrected chi connectivity index (χ4v) is 3.55. The zero-order chi connectivity index (χ0) is 11.0. The first kappa shape index (κ1) is 11.9. The van der Waals surface area contributed by atoms with E-state index < -0.39 is 9.84 Å². The van der Waals surface area contributed by atoms with Gasteiger partial charge < -0.3 is 10.8 Å². The molecule has 0 amide bonds. The molecule has 3 N–H and O–H groups in total.